The second-order valence-electron chi connectivity index (χ2n) is 18.2. The van der Waals surface area contributed by atoms with Gasteiger partial charge in [-0.2, -0.15) is 0 Å². The Morgan fingerprint density at radius 3 is 1.47 bits per heavy atom. The van der Waals surface area contributed by atoms with Gasteiger partial charge in [0.05, 0.1) is 11.4 Å². The summed E-state index contributed by atoms with van der Waals surface area (Å²) in [6.45, 7) is 14.3. The quantitative estimate of drug-likeness (QED) is 0.172. The summed E-state index contributed by atoms with van der Waals surface area (Å²) < 4.78 is 0. The van der Waals surface area contributed by atoms with Gasteiger partial charge in [-0.3, -0.25) is 0 Å². The molecule has 1 aliphatic heterocycles. The minimum Gasteiger partial charge on any atom is -0.310 e. The highest BCUT2D eigenvalue weighted by atomic mass is 15.2. The van der Waals surface area contributed by atoms with Crippen LogP contribution in [0.5, 0.6) is 0 Å². The minimum atomic E-state index is -0.233. The lowest BCUT2D eigenvalue weighted by atomic mass is 9.72. The molecule has 0 radical (unpaired) electrons. The van der Waals surface area contributed by atoms with Crippen molar-refractivity contribution in [3.63, 3.8) is 0 Å². The lowest BCUT2D eigenvalue weighted by Crippen LogP contribution is -2.31. The molecule has 0 spiro atoms. The number of nitrogens with zero attached hydrogens (tertiary/aromatic N) is 2. The average Bonchev–Trinajstić information content (AvgIpc) is 3.63. The average molecular weight is 761 g/mol. The van der Waals surface area contributed by atoms with Gasteiger partial charge in [-0.1, -0.05) is 157 Å². The maximum absolute atomic E-state index is 2.52. The van der Waals surface area contributed by atoms with Crippen LogP contribution in [0.1, 0.15) is 74.9 Å². The van der Waals surface area contributed by atoms with Crippen LogP contribution in [0.25, 0.3) is 33.4 Å². The van der Waals surface area contributed by atoms with Gasteiger partial charge in [0.2, 0.25) is 0 Å². The molecule has 0 aromatic heterocycles. The molecule has 3 aliphatic rings. The van der Waals surface area contributed by atoms with Crippen LogP contribution in [-0.4, -0.2) is 0 Å². The van der Waals surface area contributed by atoms with Gasteiger partial charge in [-0.25, -0.2) is 0 Å². The third-order valence-electron chi connectivity index (χ3n) is 13.8. The van der Waals surface area contributed by atoms with Crippen LogP contribution in [0.4, 0.5) is 34.1 Å². The summed E-state index contributed by atoms with van der Waals surface area (Å²) in [5.74, 6) is 0. The first-order chi connectivity index (χ1) is 28.5. The lowest BCUT2D eigenvalue weighted by Gasteiger charge is -2.42. The summed E-state index contributed by atoms with van der Waals surface area (Å²) in [6.07, 6.45) is 0. The van der Waals surface area contributed by atoms with E-state index >= 15 is 0 Å². The van der Waals surface area contributed by atoms with E-state index in [1.165, 1.54) is 89.5 Å². The highest BCUT2D eigenvalue weighted by Gasteiger charge is 2.43. The van der Waals surface area contributed by atoms with Gasteiger partial charge in [0.25, 0.3) is 0 Å². The first kappa shape index (κ1) is 35.5. The molecule has 11 rings (SSSR count). The number of anilines is 6. The first-order valence-corrected chi connectivity index (χ1v) is 21.0. The summed E-state index contributed by atoms with van der Waals surface area (Å²) >= 11 is 0. The molecule has 2 aliphatic carbocycles. The second kappa shape index (κ2) is 12.7. The Morgan fingerprint density at radius 2 is 0.797 bits per heavy atom. The Balaban J connectivity index is 1.07. The summed E-state index contributed by atoms with van der Waals surface area (Å²) in [7, 11) is 0. The van der Waals surface area contributed by atoms with Crippen molar-refractivity contribution >= 4 is 34.1 Å². The molecule has 0 atom stereocenters. The maximum Gasteiger partial charge on any atom is 0.0506 e. The molecule has 2 heteroatoms. The van der Waals surface area contributed by atoms with Crippen molar-refractivity contribution in [2.24, 2.45) is 0 Å². The Labute approximate surface area is 349 Å². The van der Waals surface area contributed by atoms with E-state index in [1.54, 1.807) is 0 Å². The van der Waals surface area contributed by atoms with Crippen molar-refractivity contribution < 1.29 is 0 Å². The molecule has 8 aromatic rings. The molecular weight excluding hydrogens is 713 g/mol. The summed E-state index contributed by atoms with van der Waals surface area (Å²) in [5, 5.41) is 0. The van der Waals surface area contributed by atoms with Crippen LogP contribution in [0, 0.1) is 0 Å². The highest BCUT2D eigenvalue weighted by Crippen LogP contribution is 2.58. The fraction of sp³-hybridized carbons (Fsp3) is 0.158. The highest BCUT2D eigenvalue weighted by molar-refractivity contribution is 5.93. The van der Waals surface area contributed by atoms with Crippen molar-refractivity contribution in [1.82, 2.24) is 0 Å². The van der Waals surface area contributed by atoms with Gasteiger partial charge >= 0.3 is 0 Å². The fourth-order valence-electron chi connectivity index (χ4n) is 10.6. The van der Waals surface area contributed by atoms with Crippen LogP contribution < -0.4 is 9.80 Å². The summed E-state index contributed by atoms with van der Waals surface area (Å²) in [5.41, 5.74) is 22.6. The molecule has 0 unspecified atom stereocenters. The van der Waals surface area contributed by atoms with E-state index in [0.29, 0.717) is 0 Å². The predicted molar refractivity (Wildman–Crippen MR) is 248 cm³/mol. The van der Waals surface area contributed by atoms with Gasteiger partial charge in [0.15, 0.2) is 0 Å². The Kier molecular flexibility index (Phi) is 7.63. The lowest BCUT2D eigenvalue weighted by molar-refractivity contribution is 0.627. The number of hydrogen-bond acceptors (Lipinski definition) is 2. The van der Waals surface area contributed by atoms with E-state index in [0.717, 1.165) is 11.4 Å². The van der Waals surface area contributed by atoms with Crippen LogP contribution >= 0.6 is 0 Å². The van der Waals surface area contributed by atoms with Crippen molar-refractivity contribution in [3.05, 3.63) is 215 Å². The van der Waals surface area contributed by atoms with E-state index in [2.05, 4.69) is 233 Å². The number of para-hydroxylation sites is 2. The largest absolute Gasteiger partial charge is 0.310 e. The van der Waals surface area contributed by atoms with Gasteiger partial charge in [-0.05, 0) is 133 Å². The smallest absolute Gasteiger partial charge is 0.0506 e. The monoisotopic (exact) mass is 760 g/mol. The molecule has 0 saturated heterocycles. The number of hydrogen-bond donors (Lipinski definition) is 0. The molecule has 1 heterocycles. The maximum atomic E-state index is 2.52. The zero-order valence-corrected chi connectivity index (χ0v) is 34.7. The summed E-state index contributed by atoms with van der Waals surface area (Å²) in [4.78, 5) is 4.95. The summed E-state index contributed by atoms with van der Waals surface area (Å²) in [6, 6.07) is 67.9. The molecule has 0 saturated carbocycles. The standard InChI is InChI=1S/C57H48N2/c1-55(2)47-22-14-13-21-43(47)44-31-29-41(33-49(44)55)58(40-27-25-38(26-28-40)37-17-9-7-10-18-37)42-30-32-45-46-35-52-54(36-51(46)57(5,6)50(45)34-42)59(39-19-11-8-12-20-39)53-24-16-15-23-48(53)56(52,3)4/h7-36H,1-6H3. The van der Waals surface area contributed by atoms with E-state index in [9.17, 15) is 0 Å². The van der Waals surface area contributed by atoms with Crippen molar-refractivity contribution in [2.45, 2.75) is 57.8 Å². The molecule has 286 valence electrons. The SMILES string of the molecule is CC1(C)c2ccccc2-c2ccc(N(c3ccc(-c4ccccc4)cc3)c3ccc4c(c3)C(C)(C)c3cc5c(cc3-4)C(C)(C)c3ccccc3N5c3ccccc3)cc21. The van der Waals surface area contributed by atoms with Gasteiger partial charge in [0, 0.05) is 39.0 Å². The second-order valence-corrected chi connectivity index (χ2v) is 18.2. The van der Waals surface area contributed by atoms with Crippen LogP contribution in [-0.2, 0) is 16.2 Å². The van der Waals surface area contributed by atoms with Crippen LogP contribution in [0.3, 0.4) is 0 Å². The molecule has 59 heavy (non-hydrogen) atoms. The Morgan fingerprint density at radius 1 is 0.322 bits per heavy atom. The topological polar surface area (TPSA) is 6.48 Å². The Bertz CT molecular complexity index is 2950. The zero-order chi connectivity index (χ0) is 40.3. The van der Waals surface area contributed by atoms with E-state index < -0.39 is 0 Å². The molecule has 0 amide bonds. The van der Waals surface area contributed by atoms with Crippen LogP contribution in [0.15, 0.2) is 182 Å². The van der Waals surface area contributed by atoms with Crippen LogP contribution in [0.2, 0.25) is 0 Å². The molecule has 2 nitrogen and oxygen atoms in total. The van der Waals surface area contributed by atoms with E-state index in [4.69, 9.17) is 0 Å². The normalized spacial score (nSPS) is 15.7. The molecule has 8 aromatic carbocycles. The third kappa shape index (κ3) is 5.18. The predicted octanol–water partition coefficient (Wildman–Crippen LogP) is 15.5. The Hall–Kier alpha value is -6.64. The fourth-order valence-corrected chi connectivity index (χ4v) is 10.6. The van der Waals surface area contributed by atoms with Crippen molar-refractivity contribution in [3.8, 4) is 33.4 Å². The van der Waals surface area contributed by atoms with Gasteiger partial charge in [0.1, 0.15) is 0 Å². The van der Waals surface area contributed by atoms with Gasteiger partial charge < -0.3 is 9.80 Å². The minimum absolute atomic E-state index is 0.105. The molecule has 0 bridgehead atoms. The molecular formula is C57H48N2. The molecule has 0 fully saturated rings. The third-order valence-corrected chi connectivity index (χ3v) is 13.8. The number of benzene rings is 8. The zero-order valence-electron chi connectivity index (χ0n) is 34.7. The van der Waals surface area contributed by atoms with Gasteiger partial charge in [-0.15, -0.1) is 0 Å². The number of rotatable bonds is 5. The number of fused-ring (bicyclic) bond motifs is 8. The first-order valence-electron chi connectivity index (χ1n) is 21.0. The van der Waals surface area contributed by atoms with Crippen molar-refractivity contribution in [1.29, 1.82) is 0 Å². The molecule has 0 N–H and O–H groups in total. The van der Waals surface area contributed by atoms with E-state index in [-0.39, 0.29) is 16.2 Å². The van der Waals surface area contributed by atoms with E-state index in [1.807, 2.05) is 0 Å². The van der Waals surface area contributed by atoms with Crippen molar-refractivity contribution in [2.75, 3.05) is 9.80 Å².